The van der Waals surface area contributed by atoms with Crippen molar-refractivity contribution in [1.29, 1.82) is 5.26 Å². The van der Waals surface area contributed by atoms with E-state index in [1.54, 1.807) is 0 Å². The summed E-state index contributed by atoms with van der Waals surface area (Å²) >= 11 is 0. The van der Waals surface area contributed by atoms with Gasteiger partial charge in [0, 0.05) is 5.54 Å². The van der Waals surface area contributed by atoms with Crippen molar-refractivity contribution in [3.05, 3.63) is 0 Å². The molecule has 0 bridgehead atoms. The maximum absolute atomic E-state index is 8.72. The van der Waals surface area contributed by atoms with E-state index in [4.69, 9.17) is 15.7 Å². The predicted molar refractivity (Wildman–Crippen MR) is 55.6 cm³/mol. The Morgan fingerprint density at radius 2 is 2.07 bits per heavy atom. The Labute approximate surface area is 86.2 Å². The van der Waals surface area contributed by atoms with E-state index >= 15 is 0 Å². The lowest BCUT2D eigenvalue weighted by molar-refractivity contribution is 0.0350. The van der Waals surface area contributed by atoms with E-state index in [0.29, 0.717) is 6.61 Å². The molecule has 2 N–H and O–H groups in total. The fourth-order valence-corrected chi connectivity index (χ4v) is 1.91. The maximum Gasteiger partial charge on any atom is 0.143 e. The van der Waals surface area contributed by atoms with Crippen molar-refractivity contribution in [1.82, 2.24) is 0 Å². The fraction of sp³-hybridized carbons (Fsp3) is 0.909. The first-order chi connectivity index (χ1) is 6.70. The summed E-state index contributed by atoms with van der Waals surface area (Å²) in [5.74, 6) is 0. The zero-order valence-electron chi connectivity index (χ0n) is 8.96. The lowest BCUT2D eigenvalue weighted by Crippen LogP contribution is -2.46. The van der Waals surface area contributed by atoms with Gasteiger partial charge < -0.3 is 10.5 Å². The lowest BCUT2D eigenvalue weighted by atomic mass is 9.83. The van der Waals surface area contributed by atoms with Gasteiger partial charge in [-0.3, -0.25) is 0 Å². The van der Waals surface area contributed by atoms with Gasteiger partial charge in [0.05, 0.1) is 12.7 Å². The van der Waals surface area contributed by atoms with E-state index in [1.807, 2.05) is 6.92 Å². The Kier molecular flexibility index (Phi) is 4.37. The maximum atomic E-state index is 8.72. The third-order valence-corrected chi connectivity index (χ3v) is 2.94. The molecule has 1 aliphatic rings. The highest BCUT2D eigenvalue weighted by atomic mass is 16.5. The van der Waals surface area contributed by atoms with Crippen molar-refractivity contribution in [3.8, 4) is 6.07 Å². The summed E-state index contributed by atoms with van der Waals surface area (Å²) in [7, 11) is 0. The first-order valence-corrected chi connectivity index (χ1v) is 5.50. The van der Waals surface area contributed by atoms with Crippen LogP contribution < -0.4 is 5.73 Å². The minimum Gasteiger partial charge on any atom is -0.361 e. The second-order valence-electron chi connectivity index (χ2n) is 4.26. The van der Waals surface area contributed by atoms with Crippen molar-refractivity contribution < 1.29 is 4.74 Å². The van der Waals surface area contributed by atoms with Crippen molar-refractivity contribution >= 4 is 0 Å². The molecule has 80 valence electrons. The average molecular weight is 196 g/mol. The molecule has 0 heterocycles. The average Bonchev–Trinajstić information content (AvgIpc) is 2.20. The first-order valence-electron chi connectivity index (χ1n) is 5.50. The van der Waals surface area contributed by atoms with Crippen LogP contribution in [-0.2, 0) is 4.74 Å². The molecule has 1 fully saturated rings. The van der Waals surface area contributed by atoms with Crippen LogP contribution in [0.2, 0.25) is 0 Å². The normalized spacial score (nSPS) is 22.6. The second kappa shape index (κ2) is 5.33. The van der Waals surface area contributed by atoms with Crippen LogP contribution in [0.15, 0.2) is 0 Å². The number of nitrogens with zero attached hydrogens (tertiary/aromatic N) is 1. The largest absolute Gasteiger partial charge is 0.361 e. The quantitative estimate of drug-likeness (QED) is 0.747. The third-order valence-electron chi connectivity index (χ3n) is 2.94. The van der Waals surface area contributed by atoms with Gasteiger partial charge in [-0.2, -0.15) is 5.26 Å². The number of nitrogens with two attached hydrogens (primary N) is 1. The van der Waals surface area contributed by atoms with Gasteiger partial charge in [0.15, 0.2) is 0 Å². The summed E-state index contributed by atoms with van der Waals surface area (Å²) in [6.45, 7) is 2.50. The molecule has 14 heavy (non-hydrogen) atoms. The Morgan fingerprint density at radius 3 is 2.57 bits per heavy atom. The molecular formula is C11H20N2O. The van der Waals surface area contributed by atoms with Gasteiger partial charge in [-0.05, 0) is 19.3 Å². The number of nitriles is 1. The standard InChI is InChI=1S/C11H20N2O/c1-2-10(8-12)14-9-11(13)6-4-3-5-7-11/h10H,2-7,9,13H2,1H3. The highest BCUT2D eigenvalue weighted by Gasteiger charge is 2.28. The number of ether oxygens (including phenoxy) is 1. The third kappa shape index (κ3) is 3.28. The van der Waals surface area contributed by atoms with Crippen molar-refractivity contribution in [2.75, 3.05) is 6.61 Å². The van der Waals surface area contributed by atoms with Gasteiger partial charge in [0.2, 0.25) is 0 Å². The fourth-order valence-electron chi connectivity index (χ4n) is 1.91. The van der Waals surface area contributed by atoms with Crippen LogP contribution in [0.1, 0.15) is 45.4 Å². The molecule has 1 atom stereocenters. The smallest absolute Gasteiger partial charge is 0.143 e. The molecule has 0 aromatic rings. The summed E-state index contributed by atoms with van der Waals surface area (Å²) < 4.78 is 5.50. The molecular weight excluding hydrogens is 176 g/mol. The Hall–Kier alpha value is -0.590. The van der Waals surface area contributed by atoms with Crippen LogP contribution in [0.25, 0.3) is 0 Å². The summed E-state index contributed by atoms with van der Waals surface area (Å²) in [4.78, 5) is 0. The van der Waals surface area contributed by atoms with E-state index in [9.17, 15) is 0 Å². The van der Waals surface area contributed by atoms with Crippen molar-refractivity contribution in [2.24, 2.45) is 5.73 Å². The molecule has 0 saturated heterocycles. The topological polar surface area (TPSA) is 59.0 Å². The van der Waals surface area contributed by atoms with Crippen LogP contribution in [0.3, 0.4) is 0 Å². The van der Waals surface area contributed by atoms with Gasteiger partial charge >= 0.3 is 0 Å². The Bertz CT molecular complexity index is 204. The summed E-state index contributed by atoms with van der Waals surface area (Å²) in [5.41, 5.74) is 6.02. The van der Waals surface area contributed by atoms with Crippen LogP contribution in [0, 0.1) is 11.3 Å². The minimum atomic E-state index is -0.280. The SMILES string of the molecule is CCC(C#N)OCC1(N)CCCCC1. The van der Waals surface area contributed by atoms with Crippen LogP contribution >= 0.6 is 0 Å². The zero-order chi connectivity index (χ0) is 10.4. The molecule has 0 radical (unpaired) electrons. The summed E-state index contributed by atoms with van der Waals surface area (Å²) in [6.07, 6.45) is 6.22. The first kappa shape index (κ1) is 11.5. The van der Waals surface area contributed by atoms with Crippen LogP contribution in [0.5, 0.6) is 0 Å². The van der Waals surface area contributed by atoms with Crippen molar-refractivity contribution in [2.45, 2.75) is 57.1 Å². The summed E-state index contributed by atoms with van der Waals surface area (Å²) in [5, 5.41) is 8.72. The van der Waals surface area contributed by atoms with Gasteiger partial charge in [-0.25, -0.2) is 0 Å². The lowest BCUT2D eigenvalue weighted by Gasteiger charge is -2.33. The number of rotatable bonds is 4. The molecule has 0 amide bonds. The van der Waals surface area contributed by atoms with Gasteiger partial charge in [0.1, 0.15) is 6.10 Å². The van der Waals surface area contributed by atoms with Crippen LogP contribution in [-0.4, -0.2) is 18.2 Å². The molecule has 1 aliphatic carbocycles. The highest BCUT2D eigenvalue weighted by Crippen LogP contribution is 2.26. The van der Waals surface area contributed by atoms with E-state index in [2.05, 4.69) is 6.07 Å². The molecule has 0 aromatic carbocycles. The Balaban J connectivity index is 2.31. The van der Waals surface area contributed by atoms with Gasteiger partial charge in [-0.15, -0.1) is 0 Å². The van der Waals surface area contributed by atoms with E-state index < -0.39 is 0 Å². The molecule has 0 aliphatic heterocycles. The molecule has 3 heteroatoms. The monoisotopic (exact) mass is 196 g/mol. The molecule has 0 aromatic heterocycles. The molecule has 0 spiro atoms. The van der Waals surface area contributed by atoms with Gasteiger partial charge in [-0.1, -0.05) is 26.2 Å². The molecule has 1 unspecified atom stereocenters. The minimum absolute atomic E-state index is 0.164. The summed E-state index contributed by atoms with van der Waals surface area (Å²) in [6, 6.07) is 2.13. The number of hydrogen-bond donors (Lipinski definition) is 1. The van der Waals surface area contributed by atoms with Crippen LogP contribution in [0.4, 0.5) is 0 Å². The van der Waals surface area contributed by atoms with E-state index in [0.717, 1.165) is 19.3 Å². The molecule has 1 saturated carbocycles. The van der Waals surface area contributed by atoms with E-state index in [-0.39, 0.29) is 11.6 Å². The predicted octanol–water partition coefficient (Wildman–Crippen LogP) is 1.97. The highest BCUT2D eigenvalue weighted by molar-refractivity contribution is 4.89. The second-order valence-corrected chi connectivity index (χ2v) is 4.26. The van der Waals surface area contributed by atoms with E-state index in [1.165, 1.54) is 19.3 Å². The van der Waals surface area contributed by atoms with Crippen molar-refractivity contribution in [3.63, 3.8) is 0 Å². The van der Waals surface area contributed by atoms with Gasteiger partial charge in [0.25, 0.3) is 0 Å². The zero-order valence-corrected chi connectivity index (χ0v) is 8.96. The molecule has 3 nitrogen and oxygen atoms in total. The molecule has 1 rings (SSSR count). The Morgan fingerprint density at radius 1 is 1.43 bits per heavy atom. The number of hydrogen-bond acceptors (Lipinski definition) is 3.